The Balaban J connectivity index is 1.94. The zero-order valence-electron chi connectivity index (χ0n) is 14.3. The van der Waals surface area contributed by atoms with E-state index in [1.54, 1.807) is 7.11 Å². The van der Waals surface area contributed by atoms with Gasteiger partial charge in [-0.3, -0.25) is 9.59 Å². The number of nitrogens with one attached hydrogen (secondary N) is 1. The maximum atomic E-state index is 12.1. The number of carboxylic acids is 1. The van der Waals surface area contributed by atoms with Crippen molar-refractivity contribution in [3.05, 3.63) is 29.8 Å². The van der Waals surface area contributed by atoms with E-state index in [-0.39, 0.29) is 17.7 Å². The number of methoxy groups -OCH3 is 1. The summed E-state index contributed by atoms with van der Waals surface area (Å²) in [5.74, 6) is 0.0770. The van der Waals surface area contributed by atoms with Crippen molar-refractivity contribution in [1.29, 1.82) is 0 Å². The average Bonchev–Trinajstić information content (AvgIpc) is 3.07. The van der Waals surface area contributed by atoms with Crippen molar-refractivity contribution in [3.8, 4) is 5.75 Å². The van der Waals surface area contributed by atoms with Gasteiger partial charge in [0.25, 0.3) is 0 Å². The molecule has 0 radical (unpaired) electrons. The number of amides is 1. The van der Waals surface area contributed by atoms with Crippen LogP contribution in [-0.2, 0) is 15.0 Å². The molecule has 1 fully saturated rings. The normalized spacial score (nSPS) is 15.9. The van der Waals surface area contributed by atoms with Crippen molar-refractivity contribution < 1.29 is 19.4 Å². The number of benzene rings is 1. The summed E-state index contributed by atoms with van der Waals surface area (Å²) < 4.78 is 5.52. The third kappa shape index (κ3) is 4.73. The summed E-state index contributed by atoms with van der Waals surface area (Å²) in [6, 6.07) is 8.06. The highest BCUT2D eigenvalue weighted by atomic mass is 16.5. The molecule has 5 nitrogen and oxygen atoms in total. The second-order valence-corrected chi connectivity index (χ2v) is 6.57. The Bertz CT molecular complexity index is 564. The van der Waals surface area contributed by atoms with E-state index in [9.17, 15) is 9.59 Å². The molecule has 24 heavy (non-hydrogen) atoms. The lowest BCUT2D eigenvalue weighted by Crippen LogP contribution is -2.39. The monoisotopic (exact) mass is 333 g/mol. The number of rotatable bonds is 9. The molecule has 1 aliphatic rings. The van der Waals surface area contributed by atoms with Crippen molar-refractivity contribution in [2.24, 2.45) is 0 Å². The third-order valence-corrected chi connectivity index (χ3v) is 4.91. The summed E-state index contributed by atoms with van der Waals surface area (Å²) in [4.78, 5) is 22.6. The van der Waals surface area contributed by atoms with E-state index in [2.05, 4.69) is 11.4 Å². The second-order valence-electron chi connectivity index (χ2n) is 6.57. The number of hydrogen-bond acceptors (Lipinski definition) is 3. The van der Waals surface area contributed by atoms with Crippen LogP contribution < -0.4 is 10.1 Å². The molecule has 0 unspecified atom stereocenters. The molecule has 0 aromatic heterocycles. The number of para-hydroxylation sites is 1. The van der Waals surface area contributed by atoms with E-state index in [1.165, 1.54) is 5.56 Å². The van der Waals surface area contributed by atoms with Gasteiger partial charge in [-0.05, 0) is 31.7 Å². The van der Waals surface area contributed by atoms with Crippen LogP contribution in [0.1, 0.15) is 56.9 Å². The SMILES string of the molecule is COc1ccccc1C1(CNC(=O)CCCCC(=O)O)CCCC1. The third-order valence-electron chi connectivity index (χ3n) is 4.91. The van der Waals surface area contributed by atoms with Gasteiger partial charge >= 0.3 is 5.97 Å². The first-order valence-electron chi connectivity index (χ1n) is 8.69. The molecule has 0 aliphatic heterocycles. The van der Waals surface area contributed by atoms with Crippen molar-refractivity contribution in [2.75, 3.05) is 13.7 Å². The van der Waals surface area contributed by atoms with Crippen molar-refractivity contribution in [1.82, 2.24) is 5.32 Å². The van der Waals surface area contributed by atoms with Crippen molar-refractivity contribution in [2.45, 2.75) is 56.8 Å². The Morgan fingerprint density at radius 2 is 1.83 bits per heavy atom. The smallest absolute Gasteiger partial charge is 0.303 e. The molecule has 1 saturated carbocycles. The first-order chi connectivity index (χ1) is 11.6. The lowest BCUT2D eigenvalue weighted by atomic mass is 9.78. The topological polar surface area (TPSA) is 75.6 Å². The van der Waals surface area contributed by atoms with Gasteiger partial charge in [0.15, 0.2) is 0 Å². The Labute approximate surface area is 143 Å². The molecule has 2 N–H and O–H groups in total. The number of carbonyl (C=O) groups excluding carboxylic acids is 1. The number of aliphatic carboxylic acids is 1. The van der Waals surface area contributed by atoms with Gasteiger partial charge in [-0.2, -0.15) is 0 Å². The van der Waals surface area contributed by atoms with Crippen LogP contribution in [0.4, 0.5) is 0 Å². The van der Waals surface area contributed by atoms with Gasteiger partial charge in [0.2, 0.25) is 5.91 Å². The quantitative estimate of drug-likeness (QED) is 0.680. The summed E-state index contributed by atoms with van der Waals surface area (Å²) in [6.07, 6.45) is 6.08. The molecule has 0 bridgehead atoms. The average molecular weight is 333 g/mol. The highest BCUT2D eigenvalue weighted by Gasteiger charge is 2.37. The van der Waals surface area contributed by atoms with Gasteiger partial charge in [0.05, 0.1) is 7.11 Å². The first kappa shape index (κ1) is 18.3. The van der Waals surface area contributed by atoms with Gasteiger partial charge in [-0.25, -0.2) is 0 Å². The summed E-state index contributed by atoms with van der Waals surface area (Å²) in [5.41, 5.74) is 1.12. The van der Waals surface area contributed by atoms with Crippen molar-refractivity contribution in [3.63, 3.8) is 0 Å². The summed E-state index contributed by atoms with van der Waals surface area (Å²) >= 11 is 0. The van der Waals surface area contributed by atoms with Gasteiger partial charge in [-0.15, -0.1) is 0 Å². The minimum absolute atomic E-state index is 0.00145. The molecule has 1 aromatic rings. The predicted molar refractivity (Wildman–Crippen MR) is 92.3 cm³/mol. The van der Waals surface area contributed by atoms with E-state index in [0.29, 0.717) is 25.8 Å². The number of hydrogen-bond donors (Lipinski definition) is 2. The number of ether oxygens (including phenoxy) is 1. The van der Waals surface area contributed by atoms with Crippen LogP contribution in [0.2, 0.25) is 0 Å². The molecule has 0 heterocycles. The molecular weight excluding hydrogens is 306 g/mol. The number of carbonyl (C=O) groups is 2. The molecule has 5 heteroatoms. The van der Waals surface area contributed by atoms with E-state index in [4.69, 9.17) is 9.84 Å². The predicted octanol–water partition coefficient (Wildman–Crippen LogP) is 3.27. The molecule has 1 aliphatic carbocycles. The first-order valence-corrected chi connectivity index (χ1v) is 8.69. The van der Waals surface area contributed by atoms with Crippen LogP contribution >= 0.6 is 0 Å². The van der Waals surface area contributed by atoms with Crippen LogP contribution in [0.5, 0.6) is 5.75 Å². The number of carboxylic acid groups (broad SMARTS) is 1. The molecule has 0 saturated heterocycles. The summed E-state index contributed by atoms with van der Waals surface area (Å²) in [5, 5.41) is 11.7. The number of unbranched alkanes of at least 4 members (excludes halogenated alkanes) is 1. The minimum Gasteiger partial charge on any atom is -0.496 e. The lowest BCUT2D eigenvalue weighted by molar-refractivity contribution is -0.137. The van der Waals surface area contributed by atoms with E-state index < -0.39 is 5.97 Å². The van der Waals surface area contributed by atoms with E-state index in [0.717, 1.165) is 31.4 Å². The molecule has 132 valence electrons. The molecule has 1 aromatic carbocycles. The fraction of sp³-hybridized carbons (Fsp3) is 0.579. The molecular formula is C19H27NO4. The lowest BCUT2D eigenvalue weighted by Gasteiger charge is -2.31. The fourth-order valence-corrected chi connectivity index (χ4v) is 3.59. The molecule has 0 spiro atoms. The molecule has 1 amide bonds. The second kappa shape index (κ2) is 8.71. The molecule has 0 atom stereocenters. The van der Waals surface area contributed by atoms with Crippen LogP contribution in [0, 0.1) is 0 Å². The van der Waals surface area contributed by atoms with E-state index in [1.807, 2.05) is 18.2 Å². The van der Waals surface area contributed by atoms with Gasteiger partial charge in [-0.1, -0.05) is 31.0 Å². The largest absolute Gasteiger partial charge is 0.496 e. The van der Waals surface area contributed by atoms with E-state index >= 15 is 0 Å². The van der Waals surface area contributed by atoms with Crippen LogP contribution in [-0.4, -0.2) is 30.6 Å². The van der Waals surface area contributed by atoms with Gasteiger partial charge in [0.1, 0.15) is 5.75 Å². The Morgan fingerprint density at radius 3 is 2.50 bits per heavy atom. The zero-order chi connectivity index (χ0) is 17.4. The summed E-state index contributed by atoms with van der Waals surface area (Å²) in [6.45, 7) is 0.616. The zero-order valence-corrected chi connectivity index (χ0v) is 14.3. The Hall–Kier alpha value is -2.04. The maximum absolute atomic E-state index is 12.1. The van der Waals surface area contributed by atoms with Crippen molar-refractivity contribution >= 4 is 11.9 Å². The van der Waals surface area contributed by atoms with Gasteiger partial charge in [0, 0.05) is 30.4 Å². The Morgan fingerprint density at radius 1 is 1.17 bits per heavy atom. The maximum Gasteiger partial charge on any atom is 0.303 e. The highest BCUT2D eigenvalue weighted by Crippen LogP contribution is 2.44. The van der Waals surface area contributed by atoms with Crippen LogP contribution in [0.3, 0.4) is 0 Å². The van der Waals surface area contributed by atoms with Gasteiger partial charge < -0.3 is 15.2 Å². The fourth-order valence-electron chi connectivity index (χ4n) is 3.59. The minimum atomic E-state index is -0.809. The standard InChI is InChI=1S/C19H27NO4/c1-24-16-9-3-2-8-15(16)19(12-6-7-13-19)14-20-17(21)10-4-5-11-18(22)23/h2-3,8-9H,4-7,10-14H2,1H3,(H,20,21)(H,22,23). The van der Waals surface area contributed by atoms with Crippen LogP contribution in [0.15, 0.2) is 24.3 Å². The molecule has 2 rings (SSSR count). The highest BCUT2D eigenvalue weighted by molar-refractivity contribution is 5.76. The van der Waals surface area contributed by atoms with Crippen LogP contribution in [0.25, 0.3) is 0 Å². The summed E-state index contributed by atoms with van der Waals surface area (Å²) in [7, 11) is 1.68. The Kier molecular flexibility index (Phi) is 6.64.